The predicted octanol–water partition coefficient (Wildman–Crippen LogP) is 0.157. The highest BCUT2D eigenvalue weighted by molar-refractivity contribution is 6.03. The van der Waals surface area contributed by atoms with Crippen molar-refractivity contribution in [1.29, 1.82) is 0 Å². The van der Waals surface area contributed by atoms with E-state index < -0.39 is 23.2 Å². The third-order valence-electron chi connectivity index (χ3n) is 2.00. The van der Waals surface area contributed by atoms with Crippen LogP contribution in [-0.4, -0.2) is 28.5 Å². The van der Waals surface area contributed by atoms with E-state index in [1.165, 1.54) is 6.92 Å². The van der Waals surface area contributed by atoms with E-state index in [2.05, 4.69) is 18.2 Å². The van der Waals surface area contributed by atoms with Crippen molar-refractivity contribution < 1.29 is 19.5 Å². The Morgan fingerprint density at radius 3 is 2.33 bits per heavy atom. The Kier molecular flexibility index (Phi) is 4.51. The van der Waals surface area contributed by atoms with Crippen molar-refractivity contribution >= 4 is 17.6 Å². The van der Waals surface area contributed by atoms with E-state index in [0.717, 1.165) is 18.2 Å². The molecule has 5 heteroatoms. The quantitative estimate of drug-likeness (QED) is 0.383. The molecular weight excluding hydrogens is 198 g/mol. The smallest absolute Gasteiger partial charge is 0.241 e. The van der Waals surface area contributed by atoms with Crippen LogP contribution in [0, 0.1) is 5.92 Å². The van der Waals surface area contributed by atoms with Crippen molar-refractivity contribution in [2.75, 3.05) is 0 Å². The monoisotopic (exact) mass is 209 g/mol. The van der Waals surface area contributed by atoms with E-state index in [1.54, 1.807) is 0 Å². The van der Waals surface area contributed by atoms with E-state index in [1.807, 2.05) is 0 Å². The molecule has 80 valence electrons. The second-order valence-corrected chi connectivity index (χ2v) is 2.83. The molecule has 0 heterocycles. The molecule has 2 atom stereocenters. The number of nitrogens with zero attached hydrogens (tertiary/aromatic N) is 1. The van der Waals surface area contributed by atoms with Crippen LogP contribution in [0.3, 0.4) is 0 Å². The molecule has 0 spiro atoms. The number of isocyanates is 1. The van der Waals surface area contributed by atoms with Crippen LogP contribution in [0.15, 0.2) is 30.3 Å². The van der Waals surface area contributed by atoms with Gasteiger partial charge in [0.05, 0.1) is 5.92 Å². The van der Waals surface area contributed by atoms with Crippen LogP contribution in [0.25, 0.3) is 0 Å². The molecule has 2 unspecified atom stereocenters. The molecule has 1 N–H and O–H groups in total. The first-order chi connectivity index (χ1) is 6.93. The maximum absolute atomic E-state index is 11.3. The average Bonchev–Trinajstić information content (AvgIpc) is 2.25. The Hall–Kier alpha value is -1.84. The number of allylic oxidation sites excluding steroid dienone is 1. The van der Waals surface area contributed by atoms with Gasteiger partial charge >= 0.3 is 0 Å². The minimum Gasteiger partial charge on any atom is -0.362 e. The molecule has 0 aliphatic heterocycles. The summed E-state index contributed by atoms with van der Waals surface area (Å²) in [6.07, 6.45) is 2.78. The summed E-state index contributed by atoms with van der Waals surface area (Å²) in [5.74, 6) is -2.75. The topological polar surface area (TPSA) is 83.8 Å². The van der Waals surface area contributed by atoms with Crippen LogP contribution in [0.5, 0.6) is 0 Å². The van der Waals surface area contributed by atoms with Gasteiger partial charge in [-0.1, -0.05) is 13.2 Å². The summed E-state index contributed by atoms with van der Waals surface area (Å²) in [5, 5.41) is 9.73. The van der Waals surface area contributed by atoms with Crippen LogP contribution in [0.1, 0.15) is 6.92 Å². The van der Waals surface area contributed by atoms with Crippen molar-refractivity contribution in [3.8, 4) is 0 Å². The number of aliphatic imine (C=N–C) groups is 1. The van der Waals surface area contributed by atoms with E-state index in [4.69, 9.17) is 0 Å². The minimum absolute atomic E-state index is 0.605. The molecule has 0 amide bonds. The molecule has 0 aromatic carbocycles. The molecule has 0 aromatic rings. The summed E-state index contributed by atoms with van der Waals surface area (Å²) in [7, 11) is 0. The number of aliphatic hydroxyl groups is 1. The van der Waals surface area contributed by atoms with Gasteiger partial charge in [0.15, 0.2) is 5.78 Å². The number of rotatable bonds is 6. The van der Waals surface area contributed by atoms with Crippen LogP contribution >= 0.6 is 0 Å². The van der Waals surface area contributed by atoms with Gasteiger partial charge in [-0.25, -0.2) is 4.79 Å². The molecule has 0 rings (SSSR count). The highest BCUT2D eigenvalue weighted by atomic mass is 16.3. The van der Waals surface area contributed by atoms with Crippen LogP contribution < -0.4 is 0 Å². The molecule has 0 aromatic heterocycles. The molecule has 15 heavy (non-hydrogen) atoms. The molecule has 0 bridgehead atoms. The molecule has 0 aliphatic carbocycles. The number of carbonyl (C=O) groups excluding carboxylic acids is 3. The van der Waals surface area contributed by atoms with Gasteiger partial charge in [-0.15, -0.1) is 0 Å². The van der Waals surface area contributed by atoms with Crippen molar-refractivity contribution in [2.45, 2.75) is 12.6 Å². The fourth-order valence-electron chi connectivity index (χ4n) is 0.960. The summed E-state index contributed by atoms with van der Waals surface area (Å²) in [5.41, 5.74) is -2.44. The molecule has 0 saturated heterocycles. The van der Waals surface area contributed by atoms with E-state index in [0.29, 0.717) is 0 Å². The highest BCUT2D eigenvalue weighted by Gasteiger charge is 2.43. The van der Waals surface area contributed by atoms with Crippen molar-refractivity contribution in [3.05, 3.63) is 25.3 Å². The third kappa shape index (κ3) is 2.56. The lowest BCUT2D eigenvalue weighted by Crippen LogP contribution is -2.45. The van der Waals surface area contributed by atoms with Crippen LogP contribution in [0.4, 0.5) is 0 Å². The second kappa shape index (κ2) is 5.14. The van der Waals surface area contributed by atoms with E-state index >= 15 is 0 Å². The fourth-order valence-corrected chi connectivity index (χ4v) is 0.960. The number of hydrogen-bond acceptors (Lipinski definition) is 5. The van der Waals surface area contributed by atoms with Crippen molar-refractivity contribution in [3.63, 3.8) is 0 Å². The Morgan fingerprint density at radius 1 is 1.47 bits per heavy atom. The summed E-state index contributed by atoms with van der Waals surface area (Å²) in [6, 6.07) is 0. The summed E-state index contributed by atoms with van der Waals surface area (Å²) in [6.45, 7) is 7.60. The van der Waals surface area contributed by atoms with E-state index in [-0.39, 0.29) is 0 Å². The van der Waals surface area contributed by atoms with Gasteiger partial charge in [0, 0.05) is 0 Å². The van der Waals surface area contributed by atoms with Crippen LogP contribution in [-0.2, 0) is 14.4 Å². The first kappa shape index (κ1) is 13.2. The zero-order valence-electron chi connectivity index (χ0n) is 8.27. The Labute approximate surface area is 86.8 Å². The standard InChI is InChI=1S/C10H11NO4/c1-4-8(13)7(3)10(15,11-6-12)9(14)5-2/h4-5,7,15H,1-2H2,3H3. The van der Waals surface area contributed by atoms with Gasteiger partial charge in [0.2, 0.25) is 17.6 Å². The van der Waals surface area contributed by atoms with Gasteiger partial charge in [0.25, 0.3) is 0 Å². The third-order valence-corrected chi connectivity index (χ3v) is 2.00. The fraction of sp³-hybridized carbons (Fsp3) is 0.300. The van der Waals surface area contributed by atoms with Gasteiger partial charge in [-0.05, 0) is 19.1 Å². The van der Waals surface area contributed by atoms with Gasteiger partial charge < -0.3 is 5.11 Å². The predicted molar refractivity (Wildman–Crippen MR) is 52.6 cm³/mol. The Balaban J connectivity index is 5.37. The number of carbonyl (C=O) groups is 2. The van der Waals surface area contributed by atoms with Gasteiger partial charge in [-0.3, -0.25) is 9.59 Å². The average molecular weight is 209 g/mol. The highest BCUT2D eigenvalue weighted by Crippen LogP contribution is 2.21. The lowest BCUT2D eigenvalue weighted by molar-refractivity contribution is -0.142. The molecule has 0 aliphatic rings. The zero-order chi connectivity index (χ0) is 12.1. The van der Waals surface area contributed by atoms with Crippen molar-refractivity contribution in [1.82, 2.24) is 0 Å². The normalized spacial score (nSPS) is 15.3. The Morgan fingerprint density at radius 2 is 2.00 bits per heavy atom. The number of hydrogen-bond donors (Lipinski definition) is 1. The van der Waals surface area contributed by atoms with Gasteiger partial charge in [-0.2, -0.15) is 4.99 Å². The molecule has 0 saturated carbocycles. The lowest BCUT2D eigenvalue weighted by atomic mass is 9.90. The van der Waals surface area contributed by atoms with Gasteiger partial charge in [0.1, 0.15) is 0 Å². The SMILES string of the molecule is C=CC(=O)C(C)C(O)(N=C=O)C(=O)C=C. The maximum Gasteiger partial charge on any atom is 0.241 e. The number of ketones is 2. The lowest BCUT2D eigenvalue weighted by Gasteiger charge is -2.23. The largest absolute Gasteiger partial charge is 0.362 e. The molecule has 0 fully saturated rings. The first-order valence-corrected chi connectivity index (χ1v) is 4.08. The molecule has 0 radical (unpaired) electrons. The van der Waals surface area contributed by atoms with Crippen LogP contribution in [0.2, 0.25) is 0 Å². The first-order valence-electron chi connectivity index (χ1n) is 4.08. The van der Waals surface area contributed by atoms with Crippen molar-refractivity contribution in [2.24, 2.45) is 10.9 Å². The molecule has 5 nitrogen and oxygen atoms in total. The molecular formula is C10H11NO4. The second-order valence-electron chi connectivity index (χ2n) is 2.83. The zero-order valence-corrected chi connectivity index (χ0v) is 8.27. The Bertz CT molecular complexity index is 354. The summed E-state index contributed by atoms with van der Waals surface area (Å²) >= 11 is 0. The maximum atomic E-state index is 11.3. The van der Waals surface area contributed by atoms with E-state index in [9.17, 15) is 19.5 Å². The minimum atomic E-state index is -2.44. The summed E-state index contributed by atoms with van der Waals surface area (Å²) in [4.78, 5) is 35.5. The summed E-state index contributed by atoms with van der Waals surface area (Å²) < 4.78 is 0.